The molecule has 1 N–H and O–H groups in total. The number of benzene rings is 2. The van der Waals surface area contributed by atoms with Gasteiger partial charge in [0, 0.05) is 16.8 Å². The quantitative estimate of drug-likeness (QED) is 0.402. The number of anilines is 1. The minimum absolute atomic E-state index is 0.0977. The number of hydrazine groups is 1. The Kier molecular flexibility index (Phi) is 8.06. The summed E-state index contributed by atoms with van der Waals surface area (Å²) in [5.41, 5.74) is 1.49. The number of guanidine groups is 1. The number of rotatable bonds is 7. The highest BCUT2D eigenvalue weighted by Gasteiger charge is 2.45. The van der Waals surface area contributed by atoms with Crippen LogP contribution in [0.5, 0.6) is 11.5 Å². The Bertz CT molecular complexity index is 991. The van der Waals surface area contributed by atoms with Crippen LogP contribution in [0.1, 0.15) is 53.4 Å². The summed E-state index contributed by atoms with van der Waals surface area (Å²) in [6, 6.07) is 17.8. The van der Waals surface area contributed by atoms with E-state index in [0.717, 1.165) is 35.7 Å². The van der Waals surface area contributed by atoms with Gasteiger partial charge in [-0.1, -0.05) is 0 Å². The van der Waals surface area contributed by atoms with Crippen LogP contribution in [0, 0.1) is 11.3 Å². The third kappa shape index (κ3) is 6.00. The molecule has 0 unspecified atom stereocenters. The Hall–Kier alpha value is -3.24. The minimum atomic E-state index is -0.0977. The van der Waals surface area contributed by atoms with Crippen molar-refractivity contribution in [1.82, 2.24) is 10.0 Å². The lowest BCUT2D eigenvalue weighted by atomic mass is 9.81. The Morgan fingerprint density at radius 2 is 1.50 bits per heavy atom. The van der Waals surface area contributed by atoms with E-state index in [1.165, 1.54) is 6.42 Å². The van der Waals surface area contributed by atoms with E-state index in [9.17, 15) is 5.26 Å². The van der Waals surface area contributed by atoms with E-state index in [1.807, 2.05) is 48.5 Å². The third-order valence-electron chi connectivity index (χ3n) is 6.30. The Labute approximate surface area is 204 Å². The van der Waals surface area contributed by atoms with Gasteiger partial charge >= 0.3 is 0 Å². The third-order valence-corrected chi connectivity index (χ3v) is 6.30. The van der Waals surface area contributed by atoms with Gasteiger partial charge in [-0.15, -0.1) is 0 Å². The molecule has 0 atom stereocenters. The standard InChI is InChI=1S/C27H37N5O2/c1-26(2)17-7-18-27(3,4)32(26)31(20-8-19-28)25(29-21-9-13-23(33-5)14-10-21)30-22-11-15-24(34-6)16-12-22/h9-16H,7-8,17-18,20H2,1-6H3,(H,29,30). The number of nitriles is 1. The summed E-state index contributed by atoms with van der Waals surface area (Å²) < 4.78 is 10.6. The fourth-order valence-corrected chi connectivity index (χ4v) is 4.83. The summed E-state index contributed by atoms with van der Waals surface area (Å²) in [5.74, 6) is 2.25. The summed E-state index contributed by atoms with van der Waals surface area (Å²) in [6.45, 7) is 9.61. The van der Waals surface area contributed by atoms with Gasteiger partial charge in [-0.05, 0) is 95.5 Å². The first-order chi connectivity index (χ1) is 16.2. The average molecular weight is 464 g/mol. The van der Waals surface area contributed by atoms with Crippen LogP contribution in [0.2, 0.25) is 0 Å². The van der Waals surface area contributed by atoms with Gasteiger partial charge in [-0.25, -0.2) is 10.0 Å². The summed E-state index contributed by atoms with van der Waals surface area (Å²) in [7, 11) is 3.31. The molecule has 0 aliphatic carbocycles. The van der Waals surface area contributed by atoms with Crippen molar-refractivity contribution in [1.29, 1.82) is 5.26 Å². The predicted molar refractivity (Wildman–Crippen MR) is 137 cm³/mol. The molecule has 0 radical (unpaired) electrons. The summed E-state index contributed by atoms with van der Waals surface area (Å²) >= 11 is 0. The number of ether oxygens (including phenoxy) is 2. The zero-order valence-corrected chi connectivity index (χ0v) is 21.3. The molecule has 2 aromatic rings. The maximum atomic E-state index is 9.47. The number of hydrogen-bond acceptors (Lipinski definition) is 5. The van der Waals surface area contributed by atoms with Crippen molar-refractivity contribution in [3.8, 4) is 17.6 Å². The fourth-order valence-electron chi connectivity index (χ4n) is 4.83. The van der Waals surface area contributed by atoms with Crippen molar-refractivity contribution in [2.24, 2.45) is 4.99 Å². The second kappa shape index (κ2) is 10.8. The van der Waals surface area contributed by atoms with Gasteiger partial charge in [0.15, 0.2) is 0 Å². The zero-order chi connectivity index (χ0) is 24.8. The first kappa shape index (κ1) is 25.4. The Morgan fingerprint density at radius 3 is 2.00 bits per heavy atom. The van der Waals surface area contributed by atoms with Crippen molar-refractivity contribution in [2.75, 3.05) is 26.1 Å². The second-order valence-electron chi connectivity index (χ2n) is 9.81. The molecule has 7 heteroatoms. The van der Waals surface area contributed by atoms with Gasteiger partial charge < -0.3 is 14.8 Å². The van der Waals surface area contributed by atoms with Crippen LogP contribution in [0.25, 0.3) is 0 Å². The Morgan fingerprint density at radius 1 is 0.971 bits per heavy atom. The molecule has 1 aliphatic heterocycles. The van der Waals surface area contributed by atoms with E-state index >= 15 is 0 Å². The normalized spacial score (nSPS) is 17.5. The predicted octanol–water partition coefficient (Wildman–Crippen LogP) is 5.98. The SMILES string of the molecule is COc1ccc(N=C(Nc2ccc(OC)cc2)N(CCC#N)N2C(C)(C)CCCC2(C)C)cc1. The highest BCUT2D eigenvalue weighted by molar-refractivity contribution is 5.95. The van der Waals surface area contributed by atoms with Crippen LogP contribution in [-0.4, -0.2) is 47.8 Å². The van der Waals surface area contributed by atoms with E-state index in [-0.39, 0.29) is 11.1 Å². The first-order valence-electron chi connectivity index (χ1n) is 11.8. The Balaban J connectivity index is 2.09. The van der Waals surface area contributed by atoms with Gasteiger partial charge in [-0.3, -0.25) is 5.01 Å². The molecule has 1 heterocycles. The van der Waals surface area contributed by atoms with E-state index in [1.54, 1.807) is 14.2 Å². The summed E-state index contributed by atoms with van der Waals surface area (Å²) in [4.78, 5) is 5.03. The minimum Gasteiger partial charge on any atom is -0.497 e. The molecule has 0 spiro atoms. The number of piperidine rings is 1. The topological polar surface area (TPSA) is 73.1 Å². The summed E-state index contributed by atoms with van der Waals surface area (Å²) in [5, 5.41) is 17.6. The van der Waals surface area contributed by atoms with E-state index in [2.05, 4.69) is 49.1 Å². The van der Waals surface area contributed by atoms with Gasteiger partial charge in [0.05, 0.1) is 38.9 Å². The molecular weight excluding hydrogens is 426 g/mol. The average Bonchev–Trinajstić information content (AvgIpc) is 2.81. The highest BCUT2D eigenvalue weighted by Crippen LogP contribution is 2.40. The monoisotopic (exact) mass is 463 g/mol. The molecule has 3 rings (SSSR count). The fraction of sp³-hybridized carbons (Fsp3) is 0.481. The van der Waals surface area contributed by atoms with Crippen LogP contribution >= 0.6 is 0 Å². The van der Waals surface area contributed by atoms with Crippen LogP contribution in [-0.2, 0) is 0 Å². The van der Waals surface area contributed by atoms with Gasteiger partial charge in [0.1, 0.15) is 11.5 Å². The molecule has 0 bridgehead atoms. The van der Waals surface area contributed by atoms with Crippen LogP contribution in [0.15, 0.2) is 53.5 Å². The maximum Gasteiger partial charge on any atom is 0.218 e. The maximum absolute atomic E-state index is 9.47. The molecule has 0 aromatic heterocycles. The molecule has 34 heavy (non-hydrogen) atoms. The lowest BCUT2D eigenvalue weighted by Gasteiger charge is -2.57. The van der Waals surface area contributed by atoms with Crippen LogP contribution in [0.4, 0.5) is 11.4 Å². The number of nitrogens with zero attached hydrogens (tertiary/aromatic N) is 4. The molecule has 1 saturated heterocycles. The lowest BCUT2D eigenvalue weighted by Crippen LogP contribution is -2.67. The van der Waals surface area contributed by atoms with Gasteiger partial charge in [-0.2, -0.15) is 5.26 Å². The van der Waals surface area contributed by atoms with E-state index in [4.69, 9.17) is 14.5 Å². The molecule has 0 amide bonds. The lowest BCUT2D eigenvalue weighted by molar-refractivity contribution is -0.145. The first-order valence-corrected chi connectivity index (χ1v) is 11.8. The van der Waals surface area contributed by atoms with Crippen molar-refractivity contribution in [3.05, 3.63) is 48.5 Å². The van der Waals surface area contributed by atoms with Crippen molar-refractivity contribution in [2.45, 2.75) is 64.5 Å². The number of hydrogen-bond donors (Lipinski definition) is 1. The molecular formula is C27H37N5O2. The van der Waals surface area contributed by atoms with Crippen molar-refractivity contribution in [3.63, 3.8) is 0 Å². The molecule has 7 nitrogen and oxygen atoms in total. The number of methoxy groups -OCH3 is 2. The number of nitrogens with one attached hydrogen (secondary N) is 1. The smallest absolute Gasteiger partial charge is 0.218 e. The molecule has 1 fully saturated rings. The van der Waals surface area contributed by atoms with Gasteiger partial charge in [0.25, 0.3) is 0 Å². The molecule has 2 aromatic carbocycles. The van der Waals surface area contributed by atoms with E-state index < -0.39 is 0 Å². The summed E-state index contributed by atoms with van der Waals surface area (Å²) in [6.07, 6.45) is 3.68. The molecule has 0 saturated carbocycles. The molecule has 182 valence electrons. The molecule has 1 aliphatic rings. The van der Waals surface area contributed by atoms with Crippen molar-refractivity contribution < 1.29 is 9.47 Å². The largest absolute Gasteiger partial charge is 0.497 e. The van der Waals surface area contributed by atoms with Gasteiger partial charge in [0.2, 0.25) is 5.96 Å². The van der Waals surface area contributed by atoms with Crippen LogP contribution < -0.4 is 14.8 Å². The second-order valence-corrected chi connectivity index (χ2v) is 9.81. The van der Waals surface area contributed by atoms with Crippen molar-refractivity contribution >= 4 is 17.3 Å². The van der Waals surface area contributed by atoms with Crippen LogP contribution in [0.3, 0.4) is 0 Å². The number of aliphatic imine (C=N–C) groups is 1. The van der Waals surface area contributed by atoms with E-state index in [0.29, 0.717) is 18.9 Å². The highest BCUT2D eigenvalue weighted by atomic mass is 16.5. The zero-order valence-electron chi connectivity index (χ0n) is 21.3.